The molecule has 0 aromatic carbocycles. The lowest BCUT2D eigenvalue weighted by Gasteiger charge is -2.32. The number of hydrogen-bond acceptors (Lipinski definition) is 3. The Morgan fingerprint density at radius 2 is 1.78 bits per heavy atom. The zero-order valence-corrected chi connectivity index (χ0v) is 11.0. The molecule has 0 aliphatic carbocycles. The summed E-state index contributed by atoms with van der Waals surface area (Å²) in [7, 11) is -0.601. The van der Waals surface area contributed by atoms with E-state index in [-0.39, 0.29) is 5.56 Å². The van der Waals surface area contributed by atoms with Crippen molar-refractivity contribution in [3.05, 3.63) is 28.0 Å². The van der Waals surface area contributed by atoms with E-state index in [0.717, 1.165) is 0 Å². The van der Waals surface area contributed by atoms with Crippen molar-refractivity contribution in [2.75, 3.05) is 0 Å². The third kappa shape index (κ3) is 2.10. The highest BCUT2D eigenvalue weighted by Gasteiger charge is 2.52. The van der Waals surface area contributed by atoms with Gasteiger partial charge in [-0.15, -0.1) is 6.42 Å². The van der Waals surface area contributed by atoms with Crippen molar-refractivity contribution in [2.24, 2.45) is 0 Å². The lowest BCUT2D eigenvalue weighted by Crippen LogP contribution is -2.41. The van der Waals surface area contributed by atoms with Crippen LogP contribution < -0.4 is 11.2 Å². The van der Waals surface area contributed by atoms with E-state index >= 15 is 0 Å². The SMILES string of the molecule is C#Cc1cc(B2OC(C)(C)C(C)(C)O2)[nH]c(=O)c1. The van der Waals surface area contributed by atoms with Gasteiger partial charge < -0.3 is 14.3 Å². The fourth-order valence-corrected chi connectivity index (χ4v) is 1.75. The van der Waals surface area contributed by atoms with Crippen molar-refractivity contribution in [1.82, 2.24) is 4.98 Å². The highest BCUT2D eigenvalue weighted by molar-refractivity contribution is 6.61. The van der Waals surface area contributed by atoms with Gasteiger partial charge in [-0.2, -0.15) is 0 Å². The van der Waals surface area contributed by atoms with Crippen LogP contribution in [0.3, 0.4) is 0 Å². The zero-order valence-electron chi connectivity index (χ0n) is 11.0. The van der Waals surface area contributed by atoms with Gasteiger partial charge in [-0.1, -0.05) is 5.92 Å². The smallest absolute Gasteiger partial charge is 0.398 e. The van der Waals surface area contributed by atoms with Crippen LogP contribution in [0.15, 0.2) is 16.9 Å². The maximum atomic E-state index is 11.5. The summed E-state index contributed by atoms with van der Waals surface area (Å²) in [6.45, 7) is 7.82. The molecule has 2 rings (SSSR count). The van der Waals surface area contributed by atoms with Gasteiger partial charge in [-0.25, -0.2) is 0 Å². The summed E-state index contributed by atoms with van der Waals surface area (Å²) in [6.07, 6.45) is 5.31. The molecule has 0 radical (unpaired) electrons. The molecule has 1 N–H and O–H groups in total. The number of rotatable bonds is 1. The van der Waals surface area contributed by atoms with Gasteiger partial charge in [0.05, 0.1) is 11.2 Å². The topological polar surface area (TPSA) is 51.3 Å². The van der Waals surface area contributed by atoms with Gasteiger partial charge in [0.25, 0.3) is 0 Å². The van der Waals surface area contributed by atoms with Crippen molar-refractivity contribution in [3.63, 3.8) is 0 Å². The van der Waals surface area contributed by atoms with Crippen LogP contribution in [0.25, 0.3) is 0 Å². The van der Waals surface area contributed by atoms with E-state index in [1.54, 1.807) is 6.07 Å². The highest BCUT2D eigenvalue weighted by atomic mass is 16.7. The van der Waals surface area contributed by atoms with Crippen molar-refractivity contribution >= 4 is 12.7 Å². The van der Waals surface area contributed by atoms with Crippen LogP contribution in [0.2, 0.25) is 0 Å². The molecule has 0 unspecified atom stereocenters. The number of pyridine rings is 1. The monoisotopic (exact) mass is 245 g/mol. The Labute approximate surface area is 107 Å². The second kappa shape index (κ2) is 4.01. The van der Waals surface area contributed by atoms with Crippen LogP contribution in [0.5, 0.6) is 0 Å². The second-order valence-corrected chi connectivity index (χ2v) is 5.42. The molecular weight excluding hydrogens is 229 g/mol. The molecule has 0 spiro atoms. The fraction of sp³-hybridized carbons (Fsp3) is 0.462. The Morgan fingerprint density at radius 3 is 2.28 bits per heavy atom. The van der Waals surface area contributed by atoms with Gasteiger partial charge in [0.2, 0.25) is 5.56 Å². The lowest BCUT2D eigenvalue weighted by atomic mass is 9.83. The molecule has 0 atom stereocenters. The summed E-state index contributed by atoms with van der Waals surface area (Å²) < 4.78 is 11.7. The number of nitrogens with one attached hydrogen (secondary N) is 1. The number of hydrogen-bond donors (Lipinski definition) is 1. The van der Waals surface area contributed by atoms with E-state index in [1.165, 1.54) is 6.07 Å². The maximum absolute atomic E-state index is 11.5. The minimum absolute atomic E-state index is 0.254. The Balaban J connectivity index is 2.39. The third-order valence-electron chi connectivity index (χ3n) is 3.54. The predicted molar refractivity (Wildman–Crippen MR) is 70.7 cm³/mol. The standard InChI is InChI=1S/C13H16BNO3/c1-6-9-7-10(15-11(16)8-9)14-17-12(2,3)13(4,5)18-14/h1,7-8H,2-5H3,(H,15,16). The first-order valence-electron chi connectivity index (χ1n) is 5.82. The number of aromatic amines is 1. The lowest BCUT2D eigenvalue weighted by molar-refractivity contribution is 0.00578. The van der Waals surface area contributed by atoms with Crippen molar-refractivity contribution in [3.8, 4) is 12.3 Å². The van der Waals surface area contributed by atoms with Gasteiger partial charge in [-0.3, -0.25) is 4.79 Å². The van der Waals surface area contributed by atoms with Gasteiger partial charge in [0, 0.05) is 17.2 Å². The summed E-state index contributed by atoms with van der Waals surface area (Å²) in [5, 5.41) is 0. The van der Waals surface area contributed by atoms with Crippen LogP contribution in [0, 0.1) is 12.3 Å². The maximum Gasteiger partial charge on any atom is 0.512 e. The van der Waals surface area contributed by atoms with Crippen LogP contribution in [-0.4, -0.2) is 23.3 Å². The summed E-state index contributed by atoms with van der Waals surface area (Å²) >= 11 is 0. The average molecular weight is 245 g/mol. The first-order valence-corrected chi connectivity index (χ1v) is 5.82. The van der Waals surface area contributed by atoms with Crippen LogP contribution in [-0.2, 0) is 9.31 Å². The van der Waals surface area contributed by atoms with E-state index in [0.29, 0.717) is 11.2 Å². The molecule has 1 fully saturated rings. The molecule has 1 aliphatic rings. The first kappa shape index (κ1) is 12.9. The van der Waals surface area contributed by atoms with Crippen LogP contribution in [0.4, 0.5) is 0 Å². The van der Waals surface area contributed by atoms with E-state index in [1.807, 2.05) is 27.7 Å². The quantitative estimate of drug-likeness (QED) is 0.584. The Hall–Kier alpha value is -1.51. The third-order valence-corrected chi connectivity index (χ3v) is 3.54. The normalized spacial score (nSPS) is 20.7. The Kier molecular flexibility index (Phi) is 2.88. The van der Waals surface area contributed by atoms with Crippen LogP contribution >= 0.6 is 0 Å². The molecular formula is C13H16BNO3. The van der Waals surface area contributed by atoms with Gasteiger partial charge >= 0.3 is 7.12 Å². The molecule has 1 aromatic heterocycles. The van der Waals surface area contributed by atoms with Gasteiger partial charge in [0.15, 0.2) is 0 Å². The molecule has 18 heavy (non-hydrogen) atoms. The van der Waals surface area contributed by atoms with E-state index in [2.05, 4.69) is 10.9 Å². The molecule has 5 heteroatoms. The van der Waals surface area contributed by atoms with E-state index in [4.69, 9.17) is 15.7 Å². The number of terminal acetylenes is 1. The number of H-pyrrole nitrogens is 1. The fourth-order valence-electron chi connectivity index (χ4n) is 1.75. The minimum Gasteiger partial charge on any atom is -0.398 e. The Bertz CT molecular complexity index is 552. The summed E-state index contributed by atoms with van der Waals surface area (Å²) in [6, 6.07) is 3.07. The summed E-state index contributed by atoms with van der Waals surface area (Å²) in [4.78, 5) is 14.2. The molecule has 0 saturated carbocycles. The average Bonchev–Trinajstić information content (AvgIpc) is 2.47. The second-order valence-electron chi connectivity index (χ2n) is 5.42. The highest BCUT2D eigenvalue weighted by Crippen LogP contribution is 2.36. The molecule has 94 valence electrons. The number of aromatic nitrogens is 1. The van der Waals surface area contributed by atoms with Crippen LogP contribution in [0.1, 0.15) is 33.3 Å². The van der Waals surface area contributed by atoms with E-state index < -0.39 is 18.3 Å². The van der Waals surface area contributed by atoms with Crippen molar-refractivity contribution in [1.29, 1.82) is 0 Å². The summed E-state index contributed by atoms with van der Waals surface area (Å²) in [5.41, 5.74) is -0.0748. The molecule has 4 nitrogen and oxygen atoms in total. The van der Waals surface area contributed by atoms with Crippen molar-refractivity contribution < 1.29 is 9.31 Å². The molecule has 1 aliphatic heterocycles. The predicted octanol–water partition coefficient (Wildman–Crippen LogP) is 0.655. The molecule has 1 aromatic rings. The minimum atomic E-state index is -0.601. The summed E-state index contributed by atoms with van der Waals surface area (Å²) in [5.74, 6) is 2.44. The molecule has 1 saturated heterocycles. The van der Waals surface area contributed by atoms with E-state index in [9.17, 15) is 4.79 Å². The Morgan fingerprint density at radius 1 is 1.22 bits per heavy atom. The molecule has 0 bridgehead atoms. The van der Waals surface area contributed by atoms with Crippen molar-refractivity contribution in [2.45, 2.75) is 38.9 Å². The molecule has 0 amide bonds. The van der Waals surface area contributed by atoms with Gasteiger partial charge in [0.1, 0.15) is 0 Å². The first-order chi connectivity index (χ1) is 8.25. The molecule has 2 heterocycles. The largest absolute Gasteiger partial charge is 0.512 e. The zero-order chi connectivity index (χ0) is 13.6. The van der Waals surface area contributed by atoms with Gasteiger partial charge in [-0.05, 0) is 33.8 Å².